The quantitative estimate of drug-likeness (QED) is 0.694. The first kappa shape index (κ1) is 15.6. The predicted octanol–water partition coefficient (Wildman–Crippen LogP) is 2.93. The van der Waals surface area contributed by atoms with E-state index in [1.165, 1.54) is 30.6 Å². The van der Waals surface area contributed by atoms with Gasteiger partial charge in [-0.2, -0.15) is 0 Å². The summed E-state index contributed by atoms with van der Waals surface area (Å²) in [6.07, 6.45) is 2.97. The van der Waals surface area contributed by atoms with Gasteiger partial charge in [-0.15, -0.1) is 0 Å². The Labute approximate surface area is 127 Å². The van der Waals surface area contributed by atoms with Crippen LogP contribution in [0.25, 0.3) is 0 Å². The number of carbonyl (C=O) groups is 1. The molecule has 22 heavy (non-hydrogen) atoms. The Balaban J connectivity index is 2.21. The molecule has 0 aliphatic rings. The highest BCUT2D eigenvalue weighted by Crippen LogP contribution is 2.20. The Morgan fingerprint density at radius 2 is 1.77 bits per heavy atom. The first-order valence-electron chi connectivity index (χ1n) is 6.66. The van der Waals surface area contributed by atoms with Crippen LogP contribution in [0.5, 0.6) is 0 Å². The molecule has 0 spiro atoms. The second kappa shape index (κ2) is 5.88. The minimum atomic E-state index is -0.589. The van der Waals surface area contributed by atoms with Crippen LogP contribution >= 0.6 is 0 Å². The van der Waals surface area contributed by atoms with Crippen molar-refractivity contribution >= 4 is 17.3 Å². The maximum absolute atomic E-state index is 12.2. The van der Waals surface area contributed by atoms with E-state index in [2.05, 4.69) is 15.3 Å². The number of benzene rings is 1. The van der Waals surface area contributed by atoms with Gasteiger partial charge >= 0.3 is 0 Å². The number of aromatic nitrogens is 2. The highest BCUT2D eigenvalue weighted by atomic mass is 16.6. The molecule has 0 fully saturated rings. The van der Waals surface area contributed by atoms with E-state index in [0.29, 0.717) is 11.5 Å². The monoisotopic (exact) mass is 300 g/mol. The number of nitro groups is 1. The molecule has 0 saturated carbocycles. The van der Waals surface area contributed by atoms with Crippen molar-refractivity contribution in [1.82, 2.24) is 9.97 Å². The summed E-state index contributed by atoms with van der Waals surface area (Å²) in [6.45, 7) is 5.94. The van der Waals surface area contributed by atoms with Crippen LogP contribution in [0.4, 0.5) is 11.4 Å². The van der Waals surface area contributed by atoms with E-state index in [1.807, 2.05) is 20.8 Å². The Morgan fingerprint density at radius 1 is 1.18 bits per heavy atom. The standard InChI is InChI=1S/C15H16N4O3/c1-15(2,3)14-16-8-10(9-17-14)18-13(20)11-6-4-5-7-12(11)19(21)22/h4-9H,1-3H3,(H,18,20). The summed E-state index contributed by atoms with van der Waals surface area (Å²) in [4.78, 5) is 30.9. The summed E-state index contributed by atoms with van der Waals surface area (Å²) in [5.41, 5.74) is -0.0587. The van der Waals surface area contributed by atoms with Gasteiger partial charge in [0.25, 0.3) is 11.6 Å². The van der Waals surface area contributed by atoms with E-state index in [-0.39, 0.29) is 16.7 Å². The number of hydrogen-bond donors (Lipinski definition) is 1. The molecular formula is C15H16N4O3. The van der Waals surface area contributed by atoms with Gasteiger partial charge in [-0.1, -0.05) is 32.9 Å². The maximum atomic E-state index is 12.2. The van der Waals surface area contributed by atoms with Crippen LogP contribution in [-0.4, -0.2) is 20.8 Å². The van der Waals surface area contributed by atoms with Crippen LogP contribution in [0.15, 0.2) is 36.7 Å². The number of carbonyl (C=O) groups excluding carboxylic acids is 1. The van der Waals surface area contributed by atoms with E-state index < -0.39 is 10.8 Å². The molecule has 114 valence electrons. The first-order chi connectivity index (χ1) is 10.3. The third-order valence-corrected chi connectivity index (χ3v) is 2.93. The second-order valence-electron chi connectivity index (χ2n) is 5.77. The van der Waals surface area contributed by atoms with Crippen molar-refractivity contribution in [2.75, 3.05) is 5.32 Å². The van der Waals surface area contributed by atoms with Crippen LogP contribution in [0.2, 0.25) is 0 Å². The van der Waals surface area contributed by atoms with Gasteiger partial charge in [0.2, 0.25) is 0 Å². The molecule has 0 radical (unpaired) electrons. The van der Waals surface area contributed by atoms with Gasteiger partial charge in [0.1, 0.15) is 11.4 Å². The molecule has 0 bridgehead atoms. The molecule has 1 N–H and O–H groups in total. The van der Waals surface area contributed by atoms with Crippen LogP contribution in [-0.2, 0) is 5.41 Å². The van der Waals surface area contributed by atoms with Crippen molar-refractivity contribution in [2.45, 2.75) is 26.2 Å². The zero-order valence-electron chi connectivity index (χ0n) is 12.5. The number of hydrogen-bond acceptors (Lipinski definition) is 5. The van der Waals surface area contributed by atoms with Gasteiger partial charge < -0.3 is 5.32 Å². The molecule has 7 nitrogen and oxygen atoms in total. The number of nitrogens with one attached hydrogen (secondary N) is 1. The molecule has 0 unspecified atom stereocenters. The van der Waals surface area contributed by atoms with Crippen molar-refractivity contribution in [1.29, 1.82) is 0 Å². The largest absolute Gasteiger partial charge is 0.319 e. The van der Waals surface area contributed by atoms with Gasteiger partial charge in [-0.25, -0.2) is 9.97 Å². The number of para-hydroxylation sites is 1. The number of nitrogens with zero attached hydrogens (tertiary/aromatic N) is 3. The molecule has 1 aromatic heterocycles. The van der Waals surface area contributed by atoms with Crippen molar-refractivity contribution < 1.29 is 9.72 Å². The normalized spacial score (nSPS) is 11.0. The van der Waals surface area contributed by atoms with Crippen LogP contribution in [0, 0.1) is 10.1 Å². The van der Waals surface area contributed by atoms with Crippen LogP contribution in [0.1, 0.15) is 37.0 Å². The molecule has 1 heterocycles. The average molecular weight is 300 g/mol. The third kappa shape index (κ3) is 3.43. The lowest BCUT2D eigenvalue weighted by molar-refractivity contribution is -0.385. The van der Waals surface area contributed by atoms with E-state index in [1.54, 1.807) is 6.07 Å². The number of rotatable bonds is 3. The second-order valence-corrected chi connectivity index (χ2v) is 5.77. The molecule has 0 aliphatic carbocycles. The molecular weight excluding hydrogens is 284 g/mol. The molecule has 7 heteroatoms. The van der Waals surface area contributed by atoms with Crippen LogP contribution in [0.3, 0.4) is 0 Å². The summed E-state index contributed by atoms with van der Waals surface area (Å²) in [6, 6.07) is 5.77. The minimum absolute atomic E-state index is 0.00704. The van der Waals surface area contributed by atoms with Crippen LogP contribution < -0.4 is 5.32 Å². The molecule has 2 rings (SSSR count). The maximum Gasteiger partial charge on any atom is 0.282 e. The van der Waals surface area contributed by atoms with Gasteiger partial charge in [0, 0.05) is 11.5 Å². The summed E-state index contributed by atoms with van der Waals surface area (Å²) >= 11 is 0. The minimum Gasteiger partial charge on any atom is -0.319 e. The lowest BCUT2D eigenvalue weighted by Gasteiger charge is -2.16. The Bertz CT molecular complexity index is 705. The van der Waals surface area contributed by atoms with Crippen molar-refractivity contribution in [3.05, 3.63) is 58.2 Å². The average Bonchev–Trinajstić information content (AvgIpc) is 2.46. The third-order valence-electron chi connectivity index (χ3n) is 2.93. The zero-order valence-corrected chi connectivity index (χ0v) is 12.5. The summed E-state index contributed by atoms with van der Waals surface area (Å²) in [5, 5.41) is 13.5. The fraction of sp³-hybridized carbons (Fsp3) is 0.267. The fourth-order valence-electron chi connectivity index (χ4n) is 1.80. The Morgan fingerprint density at radius 3 is 2.32 bits per heavy atom. The predicted molar refractivity (Wildman–Crippen MR) is 81.8 cm³/mol. The topological polar surface area (TPSA) is 98.0 Å². The van der Waals surface area contributed by atoms with Crippen molar-refractivity contribution in [3.63, 3.8) is 0 Å². The van der Waals surface area contributed by atoms with Gasteiger partial charge in [0.15, 0.2) is 0 Å². The molecule has 0 saturated heterocycles. The SMILES string of the molecule is CC(C)(C)c1ncc(NC(=O)c2ccccc2[N+](=O)[O-])cn1. The Hall–Kier alpha value is -2.83. The highest BCUT2D eigenvalue weighted by molar-refractivity contribution is 6.06. The fourth-order valence-corrected chi connectivity index (χ4v) is 1.80. The van der Waals surface area contributed by atoms with Crippen molar-refractivity contribution in [2.24, 2.45) is 0 Å². The van der Waals surface area contributed by atoms with E-state index >= 15 is 0 Å². The van der Waals surface area contributed by atoms with E-state index in [4.69, 9.17) is 0 Å². The smallest absolute Gasteiger partial charge is 0.282 e. The summed E-state index contributed by atoms with van der Waals surface area (Å²) in [7, 11) is 0. The number of nitro benzene ring substituents is 1. The zero-order chi connectivity index (χ0) is 16.3. The highest BCUT2D eigenvalue weighted by Gasteiger charge is 2.20. The summed E-state index contributed by atoms with van der Waals surface area (Å²) < 4.78 is 0. The van der Waals surface area contributed by atoms with Gasteiger partial charge in [-0.05, 0) is 6.07 Å². The Kier molecular flexibility index (Phi) is 4.16. The first-order valence-corrected chi connectivity index (χ1v) is 6.66. The van der Waals surface area contributed by atoms with Crippen molar-refractivity contribution in [3.8, 4) is 0 Å². The summed E-state index contributed by atoms with van der Waals surface area (Å²) in [5.74, 6) is 0.0793. The molecule has 0 atom stereocenters. The molecule has 1 amide bonds. The lowest BCUT2D eigenvalue weighted by atomic mass is 9.96. The number of anilines is 1. The van der Waals surface area contributed by atoms with E-state index in [0.717, 1.165) is 0 Å². The van der Waals surface area contributed by atoms with E-state index in [9.17, 15) is 14.9 Å². The molecule has 0 aliphatic heterocycles. The van der Waals surface area contributed by atoms with Gasteiger partial charge in [0.05, 0.1) is 23.0 Å². The lowest BCUT2D eigenvalue weighted by Crippen LogP contribution is -2.17. The molecule has 2 aromatic rings. The number of amides is 1. The molecule has 1 aromatic carbocycles. The van der Waals surface area contributed by atoms with Gasteiger partial charge in [-0.3, -0.25) is 14.9 Å².